The average Bonchev–Trinajstić information content (AvgIpc) is 2.77. The molecule has 2 rings (SSSR count). The van der Waals surface area contributed by atoms with Crippen molar-refractivity contribution in [2.75, 3.05) is 47.5 Å². The molecular formula is C23H39ClN2O4S. The number of hydrogen-bond acceptors (Lipinski definition) is 5. The van der Waals surface area contributed by atoms with Gasteiger partial charge >= 0.3 is 0 Å². The zero-order valence-electron chi connectivity index (χ0n) is 19.3. The lowest BCUT2D eigenvalue weighted by atomic mass is 9.93. The van der Waals surface area contributed by atoms with E-state index in [4.69, 9.17) is 21.1 Å². The maximum atomic E-state index is 12.9. The van der Waals surface area contributed by atoms with Crippen molar-refractivity contribution in [3.63, 3.8) is 0 Å². The lowest BCUT2D eigenvalue weighted by Gasteiger charge is -2.34. The van der Waals surface area contributed by atoms with E-state index in [9.17, 15) is 8.42 Å². The lowest BCUT2D eigenvalue weighted by Crippen LogP contribution is -2.40. The van der Waals surface area contributed by atoms with Gasteiger partial charge in [0.1, 0.15) is 0 Å². The van der Waals surface area contributed by atoms with Crippen molar-refractivity contribution >= 4 is 21.6 Å². The molecule has 0 N–H and O–H groups in total. The van der Waals surface area contributed by atoms with Crippen LogP contribution in [0, 0.1) is 0 Å². The van der Waals surface area contributed by atoms with Crippen LogP contribution in [0.4, 0.5) is 0 Å². The van der Waals surface area contributed by atoms with Crippen molar-refractivity contribution in [2.45, 2.75) is 68.4 Å². The summed E-state index contributed by atoms with van der Waals surface area (Å²) in [7, 11) is 2.07. The molecule has 0 aliphatic heterocycles. The number of sulfonamides is 1. The van der Waals surface area contributed by atoms with Crippen LogP contribution in [0.15, 0.2) is 29.2 Å². The first-order valence-electron chi connectivity index (χ1n) is 11.4. The van der Waals surface area contributed by atoms with Crippen molar-refractivity contribution in [2.24, 2.45) is 0 Å². The van der Waals surface area contributed by atoms with Gasteiger partial charge in [-0.15, -0.1) is 0 Å². The van der Waals surface area contributed by atoms with E-state index in [0.717, 1.165) is 58.4 Å². The zero-order chi connectivity index (χ0) is 22.7. The summed E-state index contributed by atoms with van der Waals surface area (Å²) in [4.78, 5) is 2.60. The molecule has 0 atom stereocenters. The predicted molar refractivity (Wildman–Crippen MR) is 126 cm³/mol. The molecule has 0 amide bonds. The highest BCUT2D eigenvalue weighted by molar-refractivity contribution is 7.89. The first-order chi connectivity index (χ1) is 14.8. The van der Waals surface area contributed by atoms with E-state index < -0.39 is 10.0 Å². The molecule has 0 bridgehead atoms. The second-order valence-electron chi connectivity index (χ2n) is 8.49. The molecule has 0 saturated heterocycles. The fourth-order valence-electron chi connectivity index (χ4n) is 3.99. The van der Waals surface area contributed by atoms with Gasteiger partial charge in [0.25, 0.3) is 0 Å². The third kappa shape index (κ3) is 8.98. The summed E-state index contributed by atoms with van der Waals surface area (Å²) in [5, 5.41) is 0.536. The Morgan fingerprint density at radius 2 is 1.58 bits per heavy atom. The van der Waals surface area contributed by atoms with Gasteiger partial charge in [0.2, 0.25) is 10.0 Å². The Morgan fingerprint density at radius 1 is 0.935 bits per heavy atom. The van der Waals surface area contributed by atoms with Crippen molar-refractivity contribution in [3.8, 4) is 0 Å². The summed E-state index contributed by atoms with van der Waals surface area (Å²) in [5.74, 6) is 0. The minimum absolute atomic E-state index is 0.0237. The smallest absolute Gasteiger partial charge is 0.243 e. The number of halogens is 1. The topological polar surface area (TPSA) is 59.1 Å². The number of benzene rings is 1. The molecule has 178 valence electrons. The van der Waals surface area contributed by atoms with E-state index in [1.165, 1.54) is 23.6 Å². The molecule has 0 unspecified atom stereocenters. The van der Waals surface area contributed by atoms with E-state index in [1.807, 2.05) is 0 Å². The Kier molecular flexibility index (Phi) is 11.8. The minimum Gasteiger partial charge on any atom is -0.383 e. The van der Waals surface area contributed by atoms with Gasteiger partial charge < -0.3 is 14.4 Å². The predicted octanol–water partition coefficient (Wildman–Crippen LogP) is 4.43. The van der Waals surface area contributed by atoms with E-state index in [-0.39, 0.29) is 12.1 Å². The second-order valence-corrected chi connectivity index (χ2v) is 10.9. The first kappa shape index (κ1) is 26.6. The highest BCUT2D eigenvalue weighted by Gasteiger charge is 2.31. The van der Waals surface area contributed by atoms with Crippen LogP contribution in [0.1, 0.15) is 51.4 Å². The number of nitrogens with zero attached hydrogens (tertiary/aromatic N) is 2. The molecule has 1 aliphatic carbocycles. The Hall–Kier alpha value is -0.700. The molecule has 31 heavy (non-hydrogen) atoms. The Balaban J connectivity index is 1.60. The second kappa shape index (κ2) is 13.8. The highest BCUT2D eigenvalue weighted by Crippen LogP contribution is 2.28. The Morgan fingerprint density at radius 3 is 2.23 bits per heavy atom. The van der Waals surface area contributed by atoms with E-state index in [0.29, 0.717) is 9.92 Å². The largest absolute Gasteiger partial charge is 0.383 e. The standard InChI is InChI=1S/C23H39ClN2O4S/c1-25(17-19-29-3)16-6-4-5-7-18-30-22-12-10-21(11-13-22)26(2)31(27,28)23-14-8-20(24)9-15-23/h8-9,14-15,21-22H,4-7,10-13,16-19H2,1-3H3/t21-,22-. The molecule has 6 nitrogen and oxygen atoms in total. The van der Waals surface area contributed by atoms with Crippen molar-refractivity contribution in [1.29, 1.82) is 0 Å². The maximum absolute atomic E-state index is 12.9. The van der Waals surface area contributed by atoms with Crippen molar-refractivity contribution in [3.05, 3.63) is 29.3 Å². The van der Waals surface area contributed by atoms with Crippen molar-refractivity contribution in [1.82, 2.24) is 9.21 Å². The van der Waals surface area contributed by atoms with E-state index in [2.05, 4.69) is 11.9 Å². The lowest BCUT2D eigenvalue weighted by molar-refractivity contribution is 0.0156. The number of rotatable bonds is 14. The number of methoxy groups -OCH3 is 1. The van der Waals surface area contributed by atoms with Crippen LogP contribution in [0.2, 0.25) is 5.02 Å². The maximum Gasteiger partial charge on any atom is 0.243 e. The number of ether oxygens (including phenoxy) is 2. The van der Waals surface area contributed by atoms with Crippen LogP contribution < -0.4 is 0 Å². The summed E-state index contributed by atoms with van der Waals surface area (Å²) < 4.78 is 38.4. The van der Waals surface area contributed by atoms with Gasteiger partial charge in [-0.2, -0.15) is 4.31 Å². The molecule has 1 aromatic carbocycles. The SMILES string of the molecule is COCCN(C)CCCCCCO[C@H]1CC[C@H](N(C)S(=O)(=O)c2ccc(Cl)cc2)CC1. The number of hydrogen-bond donors (Lipinski definition) is 0. The van der Waals surface area contributed by atoms with E-state index in [1.54, 1.807) is 38.4 Å². The number of unbranched alkanes of at least 4 members (excludes halogenated alkanes) is 3. The molecule has 1 fully saturated rings. The van der Waals surface area contributed by atoms with Crippen LogP contribution in [0.3, 0.4) is 0 Å². The molecule has 0 heterocycles. The third-order valence-corrected chi connectivity index (χ3v) is 8.29. The van der Waals surface area contributed by atoms with Crippen molar-refractivity contribution < 1.29 is 17.9 Å². The molecule has 8 heteroatoms. The number of likely N-dealkylation sites (N-methyl/N-ethyl adjacent to an activating group) is 1. The normalized spacial score (nSPS) is 19.9. The quantitative estimate of drug-likeness (QED) is 0.373. The van der Waals surface area contributed by atoms with Gasteiger partial charge in [0.15, 0.2) is 0 Å². The molecule has 1 saturated carbocycles. The first-order valence-corrected chi connectivity index (χ1v) is 13.2. The molecular weight excluding hydrogens is 436 g/mol. The van der Waals surface area contributed by atoms with Gasteiger partial charge in [0, 0.05) is 38.4 Å². The van der Waals surface area contributed by atoms with Gasteiger partial charge in [-0.3, -0.25) is 0 Å². The Bertz CT molecular complexity index is 722. The van der Waals surface area contributed by atoms with Gasteiger partial charge in [-0.25, -0.2) is 8.42 Å². The van der Waals surface area contributed by atoms with Crippen LogP contribution in [0.5, 0.6) is 0 Å². The minimum atomic E-state index is -3.49. The van der Waals surface area contributed by atoms with Crippen LogP contribution in [-0.4, -0.2) is 77.3 Å². The van der Waals surface area contributed by atoms with Gasteiger partial charge in [-0.05, 0) is 76.4 Å². The fraction of sp³-hybridized carbons (Fsp3) is 0.739. The summed E-state index contributed by atoms with van der Waals surface area (Å²) in [5.41, 5.74) is 0. The average molecular weight is 475 g/mol. The summed E-state index contributed by atoms with van der Waals surface area (Å²) in [6, 6.07) is 6.40. The molecule has 1 aromatic rings. The monoisotopic (exact) mass is 474 g/mol. The molecule has 0 aromatic heterocycles. The molecule has 1 aliphatic rings. The molecule has 0 spiro atoms. The van der Waals surface area contributed by atoms with Gasteiger partial charge in [-0.1, -0.05) is 24.4 Å². The van der Waals surface area contributed by atoms with Crippen LogP contribution >= 0.6 is 11.6 Å². The highest BCUT2D eigenvalue weighted by atomic mass is 35.5. The summed E-state index contributed by atoms with van der Waals surface area (Å²) >= 11 is 5.88. The van der Waals surface area contributed by atoms with Crippen LogP contribution in [0.25, 0.3) is 0 Å². The zero-order valence-corrected chi connectivity index (χ0v) is 20.8. The third-order valence-electron chi connectivity index (χ3n) is 6.11. The summed E-state index contributed by atoms with van der Waals surface area (Å²) in [6.07, 6.45) is 8.46. The summed E-state index contributed by atoms with van der Waals surface area (Å²) in [6.45, 7) is 3.68. The Labute approximate surface area is 193 Å². The van der Waals surface area contributed by atoms with E-state index >= 15 is 0 Å². The van der Waals surface area contributed by atoms with Crippen LogP contribution in [-0.2, 0) is 19.5 Å². The fourth-order valence-corrected chi connectivity index (χ4v) is 5.53. The molecule has 0 radical (unpaired) electrons. The van der Waals surface area contributed by atoms with Gasteiger partial charge in [0.05, 0.1) is 17.6 Å².